The van der Waals surface area contributed by atoms with E-state index in [4.69, 9.17) is 9.47 Å². The van der Waals surface area contributed by atoms with E-state index >= 15 is 0 Å². The van der Waals surface area contributed by atoms with Gasteiger partial charge in [-0.05, 0) is 35.9 Å². The van der Waals surface area contributed by atoms with Crippen molar-refractivity contribution in [3.8, 4) is 11.5 Å². The quantitative estimate of drug-likeness (QED) is 0.780. The highest BCUT2D eigenvalue weighted by Gasteiger charge is 2.34. The number of hydrogen-bond donors (Lipinski definition) is 3. The van der Waals surface area contributed by atoms with Gasteiger partial charge in [0.2, 0.25) is 6.79 Å². The van der Waals surface area contributed by atoms with Crippen molar-refractivity contribution in [3.05, 3.63) is 59.7 Å². The van der Waals surface area contributed by atoms with Gasteiger partial charge in [0, 0.05) is 5.57 Å². The van der Waals surface area contributed by atoms with Gasteiger partial charge in [-0.25, -0.2) is 0 Å². The van der Waals surface area contributed by atoms with Gasteiger partial charge in [0.1, 0.15) is 6.23 Å². The van der Waals surface area contributed by atoms with Crippen molar-refractivity contribution in [2.75, 3.05) is 11.8 Å². The van der Waals surface area contributed by atoms with Crippen LogP contribution in [-0.4, -0.2) is 29.5 Å². The van der Waals surface area contributed by atoms with Gasteiger partial charge in [-0.15, -0.1) is 0 Å². The molecule has 0 bridgehead atoms. The van der Waals surface area contributed by atoms with Crippen LogP contribution in [0, 0.1) is 0 Å². The fourth-order valence-corrected chi connectivity index (χ4v) is 2.72. The molecule has 2 aromatic rings. The molecule has 4 rings (SSSR count). The van der Waals surface area contributed by atoms with E-state index in [2.05, 4.69) is 5.43 Å². The van der Waals surface area contributed by atoms with Crippen molar-refractivity contribution in [2.24, 2.45) is 0 Å². The lowest BCUT2D eigenvalue weighted by Crippen LogP contribution is -2.39. The van der Waals surface area contributed by atoms with Crippen LogP contribution in [0.15, 0.2) is 54.1 Å². The molecular weight excluding hydrogens is 296 g/mol. The molecule has 0 radical (unpaired) electrons. The lowest BCUT2D eigenvalue weighted by molar-refractivity contribution is 0.174. The van der Waals surface area contributed by atoms with Crippen LogP contribution in [0.25, 0.3) is 6.08 Å². The summed E-state index contributed by atoms with van der Waals surface area (Å²) in [6.45, 7) is 0.212. The minimum Gasteiger partial charge on any atom is -0.454 e. The van der Waals surface area contributed by atoms with Crippen LogP contribution in [0.2, 0.25) is 0 Å². The van der Waals surface area contributed by atoms with Gasteiger partial charge in [0.25, 0.3) is 0 Å². The zero-order valence-electron chi connectivity index (χ0n) is 12.2. The van der Waals surface area contributed by atoms with Crippen molar-refractivity contribution in [3.63, 3.8) is 0 Å². The van der Waals surface area contributed by atoms with Crippen LogP contribution >= 0.6 is 0 Å². The molecule has 3 N–H and O–H groups in total. The zero-order chi connectivity index (χ0) is 15.8. The fraction of sp³-hybridized carbons (Fsp3) is 0.176. The van der Waals surface area contributed by atoms with Crippen LogP contribution in [-0.2, 0) is 0 Å². The van der Waals surface area contributed by atoms with Crippen molar-refractivity contribution in [2.45, 2.75) is 12.5 Å². The standard InChI is InChI=1S/C17H16N2O4/c20-16-13(8-11-6-7-14-15(9-11)23-10-22-14)17(21)19(18-16)12-4-2-1-3-5-12/h1-9,16-18,20-21H,10H2/t16-,17+/m0/s1. The molecule has 2 aliphatic heterocycles. The van der Waals surface area contributed by atoms with Crippen molar-refractivity contribution in [1.82, 2.24) is 5.43 Å². The summed E-state index contributed by atoms with van der Waals surface area (Å²) in [5, 5.41) is 22.2. The van der Waals surface area contributed by atoms with E-state index in [1.807, 2.05) is 48.5 Å². The number of nitrogens with zero attached hydrogens (tertiary/aromatic N) is 1. The number of nitrogens with one attached hydrogen (secondary N) is 1. The van der Waals surface area contributed by atoms with Gasteiger partial charge < -0.3 is 19.7 Å². The Balaban J connectivity index is 1.63. The first kappa shape index (κ1) is 14.1. The Hall–Kier alpha value is -2.54. The van der Waals surface area contributed by atoms with E-state index in [9.17, 15) is 10.2 Å². The third-order valence-electron chi connectivity index (χ3n) is 3.88. The van der Waals surface area contributed by atoms with E-state index in [0.717, 1.165) is 11.3 Å². The number of anilines is 1. The molecule has 2 atom stereocenters. The highest BCUT2D eigenvalue weighted by molar-refractivity contribution is 5.62. The lowest BCUT2D eigenvalue weighted by Gasteiger charge is -2.21. The summed E-state index contributed by atoms with van der Waals surface area (Å²) in [7, 11) is 0. The molecule has 6 nitrogen and oxygen atoms in total. The van der Waals surface area contributed by atoms with E-state index in [1.165, 1.54) is 5.01 Å². The maximum Gasteiger partial charge on any atom is 0.231 e. The summed E-state index contributed by atoms with van der Waals surface area (Å²) >= 11 is 0. The normalized spacial score (nSPS) is 24.4. The largest absolute Gasteiger partial charge is 0.454 e. The number of aliphatic hydroxyl groups excluding tert-OH is 2. The molecule has 0 spiro atoms. The molecule has 0 aliphatic carbocycles. The third-order valence-corrected chi connectivity index (χ3v) is 3.88. The predicted octanol–water partition coefficient (Wildman–Crippen LogP) is 1.46. The Morgan fingerprint density at radius 2 is 1.83 bits per heavy atom. The summed E-state index contributed by atoms with van der Waals surface area (Å²) in [5.41, 5.74) is 4.91. The number of fused-ring (bicyclic) bond motifs is 1. The van der Waals surface area contributed by atoms with Gasteiger partial charge in [0.05, 0.1) is 5.69 Å². The van der Waals surface area contributed by atoms with Crippen LogP contribution < -0.4 is 19.9 Å². The first-order valence-electron chi connectivity index (χ1n) is 7.30. The molecule has 0 unspecified atom stereocenters. The Labute approximate surface area is 133 Å². The van der Waals surface area contributed by atoms with Crippen LogP contribution in [0.5, 0.6) is 11.5 Å². The van der Waals surface area contributed by atoms with E-state index in [-0.39, 0.29) is 6.79 Å². The SMILES string of the molecule is O[C@@H]1NN(c2ccccc2)[C@H](O)C1=Cc1ccc2c(c1)OCO2. The average molecular weight is 312 g/mol. The average Bonchev–Trinajstić information content (AvgIpc) is 3.15. The molecule has 6 heteroatoms. The topological polar surface area (TPSA) is 74.2 Å². The predicted molar refractivity (Wildman–Crippen MR) is 84.6 cm³/mol. The molecule has 0 amide bonds. The second-order valence-electron chi connectivity index (χ2n) is 5.37. The Bertz CT molecular complexity index is 748. The first-order valence-corrected chi connectivity index (χ1v) is 7.30. The maximum atomic E-state index is 10.5. The number of para-hydroxylation sites is 1. The van der Waals surface area contributed by atoms with Gasteiger partial charge >= 0.3 is 0 Å². The molecule has 0 saturated carbocycles. The van der Waals surface area contributed by atoms with Gasteiger partial charge in [-0.2, -0.15) is 5.43 Å². The molecule has 1 saturated heterocycles. The minimum absolute atomic E-state index is 0.212. The monoisotopic (exact) mass is 312 g/mol. The number of aliphatic hydroxyl groups is 2. The Morgan fingerprint density at radius 3 is 2.65 bits per heavy atom. The third kappa shape index (κ3) is 2.53. The van der Waals surface area contributed by atoms with Crippen LogP contribution in [0.3, 0.4) is 0 Å². The number of rotatable bonds is 2. The molecule has 0 aromatic heterocycles. The van der Waals surface area contributed by atoms with E-state index in [0.29, 0.717) is 17.1 Å². The van der Waals surface area contributed by atoms with Crippen LogP contribution in [0.1, 0.15) is 5.56 Å². The van der Waals surface area contributed by atoms with Crippen molar-refractivity contribution in [1.29, 1.82) is 0 Å². The van der Waals surface area contributed by atoms with E-state index < -0.39 is 12.5 Å². The lowest BCUT2D eigenvalue weighted by atomic mass is 10.1. The summed E-state index contributed by atoms with van der Waals surface area (Å²) in [6, 6.07) is 14.8. The highest BCUT2D eigenvalue weighted by Crippen LogP contribution is 2.34. The van der Waals surface area contributed by atoms with Crippen LogP contribution in [0.4, 0.5) is 5.69 Å². The van der Waals surface area contributed by atoms with Gasteiger partial charge in [0.15, 0.2) is 17.7 Å². The molecule has 1 fully saturated rings. The highest BCUT2D eigenvalue weighted by atomic mass is 16.7. The summed E-state index contributed by atoms with van der Waals surface area (Å²) in [6.07, 6.45) is -0.179. The fourth-order valence-electron chi connectivity index (χ4n) is 2.72. The van der Waals surface area contributed by atoms with Gasteiger partial charge in [-0.3, -0.25) is 5.01 Å². The number of ether oxygens (including phenoxy) is 2. The summed E-state index contributed by atoms with van der Waals surface area (Å²) in [5.74, 6) is 1.36. The second-order valence-corrected chi connectivity index (χ2v) is 5.37. The first-order chi connectivity index (χ1) is 11.2. The Morgan fingerprint density at radius 1 is 1.04 bits per heavy atom. The summed E-state index contributed by atoms with van der Waals surface area (Å²) < 4.78 is 10.6. The molecule has 2 heterocycles. The molecule has 118 valence electrons. The number of hydrazine groups is 1. The molecule has 2 aliphatic rings. The minimum atomic E-state index is -0.962. The Kier molecular flexibility index (Phi) is 3.42. The molecular formula is C17H16N2O4. The second kappa shape index (κ2) is 5.58. The van der Waals surface area contributed by atoms with Gasteiger partial charge in [-0.1, -0.05) is 24.3 Å². The number of hydrogen-bond acceptors (Lipinski definition) is 6. The number of benzene rings is 2. The smallest absolute Gasteiger partial charge is 0.231 e. The van der Waals surface area contributed by atoms with Crippen molar-refractivity contribution < 1.29 is 19.7 Å². The maximum absolute atomic E-state index is 10.5. The van der Waals surface area contributed by atoms with Crippen molar-refractivity contribution >= 4 is 11.8 Å². The summed E-state index contributed by atoms with van der Waals surface area (Å²) in [4.78, 5) is 0. The van der Waals surface area contributed by atoms with E-state index in [1.54, 1.807) is 6.08 Å². The molecule has 23 heavy (non-hydrogen) atoms. The molecule has 2 aromatic carbocycles. The zero-order valence-corrected chi connectivity index (χ0v) is 12.2.